The van der Waals surface area contributed by atoms with E-state index in [0.717, 1.165) is 120 Å². The molecule has 1 fully saturated rings. The summed E-state index contributed by atoms with van der Waals surface area (Å²) in [7, 11) is 2.02. The summed E-state index contributed by atoms with van der Waals surface area (Å²) < 4.78 is 16.8. The molecule has 2 N–H and O–H groups in total. The number of rotatable bonds is 10. The molecular weight excluding hydrogens is 686 g/mol. The molecule has 10 heteroatoms. The standard InChI is InChI=1S/C43H47N5O4.ClH/c1-46-38-17-4-2-3-7-25-48-41-34(35(42(48)43(49)50)16-10-28-51-39-18-8-12-30-11-5-6-13-33(30)39)14-9-15-36(41)40(38)37(45-46)29-52-32-21-19-31(20-22-32)47-26-23-44-24-27-47;/h5-6,8-9,11-15,18-22,44H,2-4,7,10,16-17,23-29H2,1H3,(H,49,50);1H. The van der Waals surface area contributed by atoms with E-state index >= 15 is 0 Å². The second kappa shape index (κ2) is 16.4. The molecule has 8 rings (SSSR count). The second-order valence-corrected chi connectivity index (χ2v) is 14.0. The number of hydrogen-bond acceptors (Lipinski definition) is 6. The van der Waals surface area contributed by atoms with Crippen molar-refractivity contribution in [3.63, 3.8) is 0 Å². The fourth-order valence-electron chi connectivity index (χ4n) is 8.22. The lowest BCUT2D eigenvalue weighted by Crippen LogP contribution is -2.43. The Bertz CT molecular complexity index is 2200. The number of ether oxygens (including phenoxy) is 2. The van der Waals surface area contributed by atoms with Crippen molar-refractivity contribution in [2.24, 2.45) is 7.05 Å². The van der Waals surface area contributed by atoms with Gasteiger partial charge in [0.1, 0.15) is 29.5 Å². The van der Waals surface area contributed by atoms with Gasteiger partial charge >= 0.3 is 5.97 Å². The van der Waals surface area contributed by atoms with Crippen LogP contribution in [-0.2, 0) is 33.0 Å². The highest BCUT2D eigenvalue weighted by Gasteiger charge is 2.28. The summed E-state index contributed by atoms with van der Waals surface area (Å²) in [6.45, 7) is 5.45. The number of hydrogen-bond donors (Lipinski definition) is 2. The van der Waals surface area contributed by atoms with Gasteiger partial charge in [-0.15, -0.1) is 12.4 Å². The van der Waals surface area contributed by atoms with Crippen molar-refractivity contribution in [2.45, 2.75) is 58.1 Å². The number of piperazine rings is 1. The van der Waals surface area contributed by atoms with Crippen LogP contribution in [0.15, 0.2) is 84.9 Å². The molecule has 0 saturated carbocycles. The summed E-state index contributed by atoms with van der Waals surface area (Å²) in [6.07, 6.45) is 6.30. The first-order valence-electron chi connectivity index (χ1n) is 18.8. The van der Waals surface area contributed by atoms with Crippen LogP contribution in [0.3, 0.4) is 0 Å². The van der Waals surface area contributed by atoms with Crippen molar-refractivity contribution >= 4 is 45.7 Å². The van der Waals surface area contributed by atoms with Crippen LogP contribution in [0, 0.1) is 0 Å². The number of carboxylic acid groups (broad SMARTS) is 1. The van der Waals surface area contributed by atoms with Gasteiger partial charge in [0.2, 0.25) is 0 Å². The Morgan fingerprint density at radius 2 is 1.60 bits per heavy atom. The van der Waals surface area contributed by atoms with Gasteiger partial charge in [-0.25, -0.2) is 4.79 Å². The van der Waals surface area contributed by atoms with E-state index < -0.39 is 5.97 Å². The van der Waals surface area contributed by atoms with Gasteiger partial charge < -0.3 is 29.4 Å². The molecule has 0 bridgehead atoms. The smallest absolute Gasteiger partial charge is 0.352 e. The Morgan fingerprint density at radius 1 is 0.849 bits per heavy atom. The number of benzene rings is 4. The lowest BCUT2D eigenvalue weighted by molar-refractivity contribution is 0.0684. The van der Waals surface area contributed by atoms with Gasteiger partial charge in [0.05, 0.1) is 12.1 Å². The number of carbonyl (C=O) groups is 1. The normalized spacial score (nSPS) is 14.7. The summed E-state index contributed by atoms with van der Waals surface area (Å²) >= 11 is 0. The third-order valence-electron chi connectivity index (χ3n) is 10.7. The highest BCUT2D eigenvalue weighted by molar-refractivity contribution is 6.04. The maximum absolute atomic E-state index is 13.1. The monoisotopic (exact) mass is 733 g/mol. The first-order chi connectivity index (χ1) is 25.6. The maximum atomic E-state index is 13.1. The molecule has 0 spiro atoms. The number of carboxylic acids is 1. The van der Waals surface area contributed by atoms with E-state index in [9.17, 15) is 9.90 Å². The zero-order valence-corrected chi connectivity index (χ0v) is 31.2. The Hall–Kier alpha value is -4.99. The fourth-order valence-corrected chi connectivity index (χ4v) is 8.22. The van der Waals surface area contributed by atoms with Gasteiger partial charge in [0.15, 0.2) is 0 Å². The van der Waals surface area contributed by atoms with Gasteiger partial charge in [-0.3, -0.25) is 4.68 Å². The predicted molar refractivity (Wildman–Crippen MR) is 214 cm³/mol. The number of aryl methyl sites for hydroxylation is 3. The van der Waals surface area contributed by atoms with Crippen molar-refractivity contribution in [1.82, 2.24) is 19.7 Å². The highest BCUT2D eigenvalue weighted by Crippen LogP contribution is 2.40. The number of anilines is 1. The molecule has 0 amide bonds. The van der Waals surface area contributed by atoms with E-state index in [1.807, 2.05) is 48.1 Å². The maximum Gasteiger partial charge on any atom is 0.352 e. The molecule has 4 heterocycles. The van der Waals surface area contributed by atoms with Crippen LogP contribution in [0.5, 0.6) is 11.5 Å². The number of aromatic carboxylic acids is 1. The summed E-state index contributed by atoms with van der Waals surface area (Å²) in [5.74, 6) is 0.768. The number of fused-ring (bicyclic) bond motifs is 3. The first kappa shape index (κ1) is 36.4. The summed E-state index contributed by atoms with van der Waals surface area (Å²) in [4.78, 5) is 15.5. The number of halogens is 1. The van der Waals surface area contributed by atoms with Crippen molar-refractivity contribution < 1.29 is 19.4 Å². The molecule has 6 aromatic rings. The van der Waals surface area contributed by atoms with Gasteiger partial charge in [0.25, 0.3) is 0 Å². The Kier molecular flexibility index (Phi) is 11.2. The average Bonchev–Trinajstić information content (AvgIpc) is 3.66. The average molecular weight is 734 g/mol. The van der Waals surface area contributed by atoms with E-state index in [1.165, 1.54) is 5.69 Å². The molecule has 53 heavy (non-hydrogen) atoms. The molecule has 4 aromatic carbocycles. The molecular formula is C43H48ClN5O4. The van der Waals surface area contributed by atoms with Gasteiger partial charge in [0, 0.05) is 73.1 Å². The van der Waals surface area contributed by atoms with E-state index in [-0.39, 0.29) is 12.4 Å². The largest absolute Gasteiger partial charge is 0.493 e. The quantitative estimate of drug-likeness (QED) is 0.137. The minimum atomic E-state index is -0.888. The molecule has 2 aliphatic heterocycles. The van der Waals surface area contributed by atoms with Crippen LogP contribution in [0.25, 0.3) is 32.8 Å². The van der Waals surface area contributed by atoms with Crippen LogP contribution in [0.2, 0.25) is 0 Å². The zero-order valence-electron chi connectivity index (χ0n) is 30.4. The Balaban J connectivity index is 0.00000435. The van der Waals surface area contributed by atoms with Crippen molar-refractivity contribution in [1.29, 1.82) is 0 Å². The molecule has 0 radical (unpaired) electrons. The van der Waals surface area contributed by atoms with Crippen LogP contribution >= 0.6 is 12.4 Å². The third-order valence-corrected chi connectivity index (χ3v) is 10.7. The van der Waals surface area contributed by atoms with Gasteiger partial charge in [-0.2, -0.15) is 5.10 Å². The molecule has 0 aliphatic carbocycles. The fraction of sp³-hybridized carbons (Fsp3) is 0.349. The molecule has 0 atom stereocenters. The molecule has 276 valence electrons. The molecule has 0 unspecified atom stereocenters. The van der Waals surface area contributed by atoms with E-state index in [0.29, 0.717) is 38.3 Å². The third kappa shape index (κ3) is 7.46. The summed E-state index contributed by atoms with van der Waals surface area (Å²) in [5, 5.41) is 22.4. The lowest BCUT2D eigenvalue weighted by atomic mass is 9.96. The first-order valence-corrected chi connectivity index (χ1v) is 18.8. The van der Waals surface area contributed by atoms with Gasteiger partial charge in [-0.1, -0.05) is 67.4 Å². The van der Waals surface area contributed by atoms with E-state index in [4.69, 9.17) is 14.6 Å². The highest BCUT2D eigenvalue weighted by atomic mass is 35.5. The molecule has 1 saturated heterocycles. The summed E-state index contributed by atoms with van der Waals surface area (Å²) in [5.41, 5.74) is 7.56. The zero-order chi connectivity index (χ0) is 35.4. The van der Waals surface area contributed by atoms with Crippen molar-refractivity contribution in [2.75, 3.05) is 37.7 Å². The SMILES string of the molecule is Cl.Cn1nc(COc2ccc(N3CCNCC3)cc2)c2c1CCCCCCn1c(C(=O)O)c(CCCOc3cccc4ccccc34)c3cccc-2c31. The lowest BCUT2D eigenvalue weighted by Gasteiger charge is -2.29. The number of nitrogens with one attached hydrogen (secondary N) is 1. The van der Waals surface area contributed by atoms with Gasteiger partial charge in [-0.05, 0) is 73.4 Å². The van der Waals surface area contributed by atoms with Crippen molar-refractivity contribution in [3.05, 3.63) is 108 Å². The number of para-hydroxylation sites is 1. The number of aromatic nitrogens is 3. The van der Waals surface area contributed by atoms with Crippen LogP contribution < -0.4 is 19.7 Å². The predicted octanol–water partition coefficient (Wildman–Crippen LogP) is 8.43. The minimum Gasteiger partial charge on any atom is -0.493 e. The topological polar surface area (TPSA) is 93.8 Å². The number of nitrogens with zero attached hydrogens (tertiary/aromatic N) is 4. The Morgan fingerprint density at radius 3 is 2.43 bits per heavy atom. The van der Waals surface area contributed by atoms with E-state index in [2.05, 4.69) is 63.3 Å². The molecule has 9 nitrogen and oxygen atoms in total. The molecule has 2 aliphatic rings. The minimum absolute atomic E-state index is 0. The van der Waals surface area contributed by atoms with Crippen LogP contribution in [-0.4, -0.2) is 58.2 Å². The second-order valence-electron chi connectivity index (χ2n) is 14.0. The Labute approximate surface area is 316 Å². The molecule has 2 aromatic heterocycles. The van der Waals surface area contributed by atoms with E-state index in [1.54, 1.807) is 0 Å². The summed E-state index contributed by atoms with van der Waals surface area (Å²) in [6, 6.07) is 29.0. The van der Waals surface area contributed by atoms with Crippen LogP contribution in [0.1, 0.15) is 59.5 Å². The van der Waals surface area contributed by atoms with Crippen LogP contribution in [0.4, 0.5) is 5.69 Å². The van der Waals surface area contributed by atoms with Crippen molar-refractivity contribution in [3.8, 4) is 22.6 Å².